The molecule has 1 aromatic heterocycles. The molecule has 0 saturated heterocycles. The Balaban J connectivity index is 1.84. The SMILES string of the molecule is COc1cc(NSc2cccc3cccnc23)ccc1C(=O)O. The molecule has 0 radical (unpaired) electrons. The minimum Gasteiger partial charge on any atom is -0.496 e. The highest BCUT2D eigenvalue weighted by Crippen LogP contribution is 2.30. The van der Waals surface area contributed by atoms with Crippen molar-refractivity contribution in [2.24, 2.45) is 0 Å². The van der Waals surface area contributed by atoms with Gasteiger partial charge in [0.1, 0.15) is 11.3 Å². The molecular formula is C17H14N2O3S. The van der Waals surface area contributed by atoms with E-state index in [-0.39, 0.29) is 5.56 Å². The third-order valence-corrected chi connectivity index (χ3v) is 4.19. The number of pyridine rings is 1. The molecule has 0 amide bonds. The summed E-state index contributed by atoms with van der Waals surface area (Å²) < 4.78 is 8.32. The van der Waals surface area contributed by atoms with Crippen molar-refractivity contribution in [3.8, 4) is 5.75 Å². The molecule has 0 aliphatic carbocycles. The van der Waals surface area contributed by atoms with Gasteiger partial charge >= 0.3 is 5.97 Å². The topological polar surface area (TPSA) is 71.5 Å². The van der Waals surface area contributed by atoms with Crippen LogP contribution < -0.4 is 9.46 Å². The number of aromatic carboxylic acids is 1. The molecule has 0 aliphatic rings. The normalized spacial score (nSPS) is 10.5. The molecule has 3 rings (SSSR count). The molecule has 3 aromatic rings. The number of nitrogens with zero attached hydrogens (tertiary/aromatic N) is 1. The van der Waals surface area contributed by atoms with Crippen LogP contribution in [0.1, 0.15) is 10.4 Å². The fourth-order valence-electron chi connectivity index (χ4n) is 2.20. The van der Waals surface area contributed by atoms with Gasteiger partial charge in [0.15, 0.2) is 0 Å². The van der Waals surface area contributed by atoms with E-state index in [1.165, 1.54) is 25.1 Å². The predicted octanol–water partition coefficient (Wildman–Crippen LogP) is 4.06. The first-order chi connectivity index (χ1) is 11.2. The number of hydrogen-bond acceptors (Lipinski definition) is 5. The lowest BCUT2D eigenvalue weighted by atomic mass is 10.2. The van der Waals surface area contributed by atoms with Crippen LogP contribution in [0.5, 0.6) is 5.75 Å². The Kier molecular flexibility index (Phi) is 4.34. The average molecular weight is 326 g/mol. The molecule has 0 atom stereocenters. The maximum absolute atomic E-state index is 11.1. The summed E-state index contributed by atoms with van der Waals surface area (Å²) in [5, 5.41) is 10.2. The quantitative estimate of drug-likeness (QED) is 0.689. The molecule has 0 saturated carbocycles. The summed E-state index contributed by atoms with van der Waals surface area (Å²) in [4.78, 5) is 16.5. The summed E-state index contributed by atoms with van der Waals surface area (Å²) in [5.41, 5.74) is 1.81. The number of anilines is 1. The Labute approximate surface area is 137 Å². The summed E-state index contributed by atoms with van der Waals surface area (Å²) in [6, 6.07) is 14.8. The molecule has 0 spiro atoms. The lowest BCUT2D eigenvalue weighted by Crippen LogP contribution is -2.01. The van der Waals surface area contributed by atoms with Crippen molar-refractivity contribution in [1.29, 1.82) is 0 Å². The van der Waals surface area contributed by atoms with E-state index < -0.39 is 5.97 Å². The van der Waals surface area contributed by atoms with Gasteiger partial charge in [-0.25, -0.2) is 4.79 Å². The van der Waals surface area contributed by atoms with Crippen LogP contribution >= 0.6 is 11.9 Å². The lowest BCUT2D eigenvalue weighted by Gasteiger charge is -2.10. The number of nitrogens with one attached hydrogen (secondary N) is 1. The first-order valence-electron chi connectivity index (χ1n) is 6.87. The Morgan fingerprint density at radius 2 is 2.04 bits per heavy atom. The summed E-state index contributed by atoms with van der Waals surface area (Å²) in [6.07, 6.45) is 1.76. The summed E-state index contributed by atoms with van der Waals surface area (Å²) in [5.74, 6) is -0.696. The van der Waals surface area contributed by atoms with Gasteiger partial charge in [0.25, 0.3) is 0 Å². The summed E-state index contributed by atoms with van der Waals surface area (Å²) in [6.45, 7) is 0. The van der Waals surface area contributed by atoms with Gasteiger partial charge < -0.3 is 14.6 Å². The summed E-state index contributed by atoms with van der Waals surface area (Å²) in [7, 11) is 1.45. The van der Waals surface area contributed by atoms with Gasteiger partial charge in [-0.3, -0.25) is 4.98 Å². The maximum atomic E-state index is 11.1. The predicted molar refractivity (Wildman–Crippen MR) is 91.2 cm³/mol. The van der Waals surface area contributed by atoms with E-state index in [2.05, 4.69) is 9.71 Å². The van der Waals surface area contributed by atoms with Crippen LogP contribution in [0.2, 0.25) is 0 Å². The van der Waals surface area contributed by atoms with Crippen molar-refractivity contribution in [3.63, 3.8) is 0 Å². The van der Waals surface area contributed by atoms with E-state index in [0.29, 0.717) is 5.75 Å². The van der Waals surface area contributed by atoms with Gasteiger partial charge in [-0.05, 0) is 36.2 Å². The van der Waals surface area contributed by atoms with E-state index in [0.717, 1.165) is 21.5 Å². The Morgan fingerprint density at radius 3 is 2.83 bits per heavy atom. The fourth-order valence-corrected chi connectivity index (χ4v) is 2.97. The van der Waals surface area contributed by atoms with E-state index in [1.807, 2.05) is 30.3 Å². The number of hydrogen-bond donors (Lipinski definition) is 2. The first-order valence-corrected chi connectivity index (χ1v) is 7.68. The van der Waals surface area contributed by atoms with Crippen molar-refractivity contribution in [3.05, 3.63) is 60.3 Å². The number of benzene rings is 2. The number of methoxy groups -OCH3 is 1. The molecule has 0 aliphatic heterocycles. The van der Waals surface area contributed by atoms with Gasteiger partial charge in [-0.1, -0.05) is 18.2 Å². The maximum Gasteiger partial charge on any atom is 0.339 e. The van der Waals surface area contributed by atoms with Crippen molar-refractivity contribution in [2.45, 2.75) is 4.90 Å². The van der Waals surface area contributed by atoms with E-state index >= 15 is 0 Å². The number of carboxylic acid groups (broad SMARTS) is 1. The number of fused-ring (bicyclic) bond motifs is 1. The fraction of sp³-hybridized carbons (Fsp3) is 0.0588. The first kappa shape index (κ1) is 15.2. The third-order valence-electron chi connectivity index (χ3n) is 3.31. The Morgan fingerprint density at radius 1 is 1.22 bits per heavy atom. The number of para-hydroxylation sites is 1. The average Bonchev–Trinajstić information content (AvgIpc) is 2.59. The van der Waals surface area contributed by atoms with Crippen LogP contribution in [0.4, 0.5) is 5.69 Å². The number of ether oxygens (including phenoxy) is 1. The van der Waals surface area contributed by atoms with E-state index in [9.17, 15) is 4.79 Å². The highest BCUT2D eigenvalue weighted by atomic mass is 32.2. The molecule has 23 heavy (non-hydrogen) atoms. The van der Waals surface area contributed by atoms with E-state index in [4.69, 9.17) is 9.84 Å². The molecule has 6 heteroatoms. The van der Waals surface area contributed by atoms with Crippen LogP contribution in [-0.2, 0) is 0 Å². The van der Waals surface area contributed by atoms with Gasteiger partial charge in [0.2, 0.25) is 0 Å². The summed E-state index contributed by atoms with van der Waals surface area (Å²) >= 11 is 1.42. The van der Waals surface area contributed by atoms with Crippen LogP contribution in [0.3, 0.4) is 0 Å². The highest BCUT2D eigenvalue weighted by Gasteiger charge is 2.11. The molecular weight excluding hydrogens is 312 g/mol. The minimum atomic E-state index is -1.01. The molecule has 1 heterocycles. The lowest BCUT2D eigenvalue weighted by molar-refractivity contribution is 0.0693. The second-order valence-electron chi connectivity index (χ2n) is 4.76. The molecule has 5 nitrogen and oxygen atoms in total. The molecule has 2 aromatic carbocycles. The molecule has 0 unspecified atom stereocenters. The van der Waals surface area contributed by atoms with Gasteiger partial charge in [-0.2, -0.15) is 0 Å². The molecule has 0 bridgehead atoms. The van der Waals surface area contributed by atoms with Crippen LogP contribution in [-0.4, -0.2) is 23.2 Å². The zero-order valence-electron chi connectivity index (χ0n) is 12.3. The monoisotopic (exact) mass is 326 g/mol. The van der Waals surface area contributed by atoms with Crippen LogP contribution in [0.25, 0.3) is 10.9 Å². The number of rotatable bonds is 5. The Hall–Kier alpha value is -2.73. The highest BCUT2D eigenvalue weighted by molar-refractivity contribution is 8.00. The second-order valence-corrected chi connectivity index (χ2v) is 5.60. The van der Waals surface area contributed by atoms with Gasteiger partial charge in [-0.15, -0.1) is 0 Å². The molecule has 0 fully saturated rings. The number of carbonyl (C=O) groups is 1. The third kappa shape index (κ3) is 3.22. The zero-order chi connectivity index (χ0) is 16.2. The number of carboxylic acids is 1. The van der Waals surface area contributed by atoms with Crippen LogP contribution in [0, 0.1) is 0 Å². The smallest absolute Gasteiger partial charge is 0.339 e. The van der Waals surface area contributed by atoms with Crippen molar-refractivity contribution < 1.29 is 14.6 Å². The van der Waals surface area contributed by atoms with E-state index in [1.54, 1.807) is 18.3 Å². The standard InChI is InChI=1S/C17H14N2O3S/c1-22-14-10-12(7-8-13(14)17(20)21)19-23-15-6-2-4-11-5-3-9-18-16(11)15/h2-10,19H,1H3,(H,20,21). The van der Waals surface area contributed by atoms with Crippen molar-refractivity contribution >= 4 is 34.5 Å². The molecule has 2 N–H and O–H groups in total. The van der Waals surface area contributed by atoms with Crippen LogP contribution in [0.15, 0.2) is 59.6 Å². The molecule has 116 valence electrons. The number of aromatic nitrogens is 1. The largest absolute Gasteiger partial charge is 0.496 e. The van der Waals surface area contributed by atoms with Gasteiger partial charge in [0.05, 0.1) is 17.5 Å². The van der Waals surface area contributed by atoms with Crippen molar-refractivity contribution in [1.82, 2.24) is 4.98 Å². The Bertz CT molecular complexity index is 862. The van der Waals surface area contributed by atoms with Gasteiger partial charge in [0, 0.05) is 23.3 Å². The minimum absolute atomic E-state index is 0.134. The van der Waals surface area contributed by atoms with Crippen molar-refractivity contribution in [2.75, 3.05) is 11.8 Å². The zero-order valence-corrected chi connectivity index (χ0v) is 13.1. The second kappa shape index (κ2) is 6.58.